The van der Waals surface area contributed by atoms with Crippen LogP contribution >= 0.6 is 0 Å². The van der Waals surface area contributed by atoms with Gasteiger partial charge in [-0.2, -0.15) is 5.10 Å². The van der Waals surface area contributed by atoms with Crippen molar-refractivity contribution >= 4 is 22.5 Å². The monoisotopic (exact) mass is 396 g/mol. The van der Waals surface area contributed by atoms with Crippen LogP contribution in [0.2, 0.25) is 0 Å². The Morgan fingerprint density at radius 3 is 2.41 bits per heavy atom. The summed E-state index contributed by atoms with van der Waals surface area (Å²) in [6, 6.07) is 11.4. The van der Waals surface area contributed by atoms with E-state index in [1.165, 1.54) is 18.9 Å². The van der Waals surface area contributed by atoms with Crippen LogP contribution in [0.1, 0.15) is 27.8 Å². The number of hydrogen-bond donors (Lipinski definition) is 0. The molecule has 0 aliphatic rings. The molecule has 0 atom stereocenters. The predicted molar refractivity (Wildman–Crippen MR) is 106 cm³/mol. The van der Waals surface area contributed by atoms with Gasteiger partial charge in [0.2, 0.25) is 5.78 Å². The minimum Gasteiger partial charge on any atom is -0.497 e. The summed E-state index contributed by atoms with van der Waals surface area (Å²) in [5.74, 6) is -0.378. The van der Waals surface area contributed by atoms with Crippen molar-refractivity contribution in [3.8, 4) is 11.5 Å². The molecule has 0 amide bonds. The molecule has 2 aromatic carbocycles. The Bertz CT molecular complexity index is 1140. The third kappa shape index (κ3) is 3.96. The maximum Gasteiger partial charge on any atom is 0.359 e. The van der Waals surface area contributed by atoms with Gasteiger partial charge < -0.3 is 14.2 Å². The third-order valence-corrected chi connectivity index (χ3v) is 4.40. The van der Waals surface area contributed by atoms with Crippen molar-refractivity contribution in [3.63, 3.8) is 0 Å². The van der Waals surface area contributed by atoms with Gasteiger partial charge in [0.25, 0.3) is 5.56 Å². The van der Waals surface area contributed by atoms with Crippen molar-refractivity contribution in [2.45, 2.75) is 13.5 Å². The smallest absolute Gasteiger partial charge is 0.359 e. The molecule has 0 aliphatic heterocycles. The molecule has 8 nitrogen and oxygen atoms in total. The molecule has 150 valence electrons. The predicted octanol–water partition coefficient (Wildman–Crippen LogP) is 2.47. The van der Waals surface area contributed by atoms with E-state index in [-0.39, 0.29) is 16.8 Å². The molecule has 0 N–H and O–H groups in total. The van der Waals surface area contributed by atoms with Crippen LogP contribution in [0.5, 0.6) is 11.5 Å². The van der Waals surface area contributed by atoms with Crippen LogP contribution in [-0.2, 0) is 11.3 Å². The number of ether oxygens (including phenoxy) is 3. The first-order valence-electron chi connectivity index (χ1n) is 8.92. The van der Waals surface area contributed by atoms with Crippen LogP contribution in [0.25, 0.3) is 10.8 Å². The quantitative estimate of drug-likeness (QED) is 0.447. The van der Waals surface area contributed by atoms with Crippen LogP contribution < -0.4 is 15.0 Å². The Hall–Kier alpha value is -3.68. The minimum atomic E-state index is -0.788. The Labute approximate surface area is 166 Å². The highest BCUT2D eigenvalue weighted by molar-refractivity contribution is 6.04. The topological polar surface area (TPSA) is 96.7 Å². The van der Waals surface area contributed by atoms with E-state index in [0.29, 0.717) is 28.8 Å². The Balaban J connectivity index is 1.86. The Morgan fingerprint density at radius 1 is 1.03 bits per heavy atom. The number of aromatic nitrogens is 2. The second-order valence-electron chi connectivity index (χ2n) is 6.08. The first kappa shape index (κ1) is 20.1. The van der Waals surface area contributed by atoms with Gasteiger partial charge in [-0.05, 0) is 25.1 Å². The Kier molecular flexibility index (Phi) is 5.92. The van der Waals surface area contributed by atoms with Gasteiger partial charge in [-0.1, -0.05) is 18.2 Å². The summed E-state index contributed by atoms with van der Waals surface area (Å²) in [4.78, 5) is 37.5. The van der Waals surface area contributed by atoms with Gasteiger partial charge in [-0.15, -0.1) is 0 Å². The van der Waals surface area contributed by atoms with Gasteiger partial charge in [0.1, 0.15) is 11.5 Å². The summed E-state index contributed by atoms with van der Waals surface area (Å²) in [6.07, 6.45) is 0. The molecule has 29 heavy (non-hydrogen) atoms. The maximum absolute atomic E-state index is 12.6. The van der Waals surface area contributed by atoms with Gasteiger partial charge in [0, 0.05) is 18.0 Å². The zero-order valence-corrected chi connectivity index (χ0v) is 16.3. The van der Waals surface area contributed by atoms with Gasteiger partial charge in [-0.25, -0.2) is 9.48 Å². The van der Waals surface area contributed by atoms with E-state index in [4.69, 9.17) is 14.2 Å². The number of carbonyl (C=O) groups is 2. The fourth-order valence-corrected chi connectivity index (χ4v) is 2.91. The molecule has 0 saturated carbocycles. The van der Waals surface area contributed by atoms with Gasteiger partial charge in [-0.3, -0.25) is 9.59 Å². The molecule has 3 aromatic rings. The summed E-state index contributed by atoms with van der Waals surface area (Å²) in [7, 11) is 2.94. The summed E-state index contributed by atoms with van der Waals surface area (Å²) in [6.45, 7) is 1.55. The molecule has 0 unspecified atom stereocenters. The summed E-state index contributed by atoms with van der Waals surface area (Å²) >= 11 is 0. The van der Waals surface area contributed by atoms with Crippen LogP contribution in [-0.4, -0.2) is 42.4 Å². The highest BCUT2D eigenvalue weighted by Crippen LogP contribution is 2.25. The van der Waals surface area contributed by atoms with E-state index in [2.05, 4.69) is 5.10 Å². The normalized spacial score (nSPS) is 10.6. The lowest BCUT2D eigenvalue weighted by Gasteiger charge is -2.11. The molecule has 0 fully saturated rings. The minimum absolute atomic E-state index is 0.0171. The van der Waals surface area contributed by atoms with E-state index < -0.39 is 18.4 Å². The number of rotatable bonds is 7. The number of esters is 1. The first-order valence-corrected chi connectivity index (χ1v) is 8.92. The standard InChI is InChI=1S/C21H20N2O6/c1-4-23-20(25)15-8-6-5-7-14(15)19(22-23)21(26)29-12-17(24)16-10-9-13(27-2)11-18(16)28-3/h5-11H,4,12H2,1-3H3. The number of Topliss-reactive ketones (excluding diaryl/α,β-unsaturated/α-hetero) is 1. The third-order valence-electron chi connectivity index (χ3n) is 4.40. The number of nitrogens with zero attached hydrogens (tertiary/aromatic N) is 2. The lowest BCUT2D eigenvalue weighted by molar-refractivity contribution is 0.0467. The van der Waals surface area contributed by atoms with Crippen molar-refractivity contribution < 1.29 is 23.8 Å². The highest BCUT2D eigenvalue weighted by Gasteiger charge is 2.20. The van der Waals surface area contributed by atoms with Crippen molar-refractivity contribution in [3.05, 3.63) is 64.1 Å². The number of carbonyl (C=O) groups excluding carboxylic acids is 2. The molecule has 0 spiro atoms. The number of benzene rings is 2. The Morgan fingerprint density at radius 2 is 1.76 bits per heavy atom. The largest absolute Gasteiger partial charge is 0.497 e. The maximum atomic E-state index is 12.6. The fraction of sp³-hybridized carbons (Fsp3) is 0.238. The number of hydrogen-bond acceptors (Lipinski definition) is 7. The lowest BCUT2D eigenvalue weighted by Crippen LogP contribution is -2.26. The SMILES string of the molecule is CCn1nc(C(=O)OCC(=O)c2ccc(OC)cc2OC)c2ccccc2c1=O. The molecule has 0 aliphatic carbocycles. The molecule has 1 aromatic heterocycles. The zero-order chi connectivity index (χ0) is 21.0. The van der Waals surface area contributed by atoms with E-state index in [9.17, 15) is 14.4 Å². The molecule has 3 rings (SSSR count). The number of methoxy groups -OCH3 is 2. The number of aryl methyl sites for hydroxylation is 1. The molecular weight excluding hydrogens is 376 g/mol. The lowest BCUT2D eigenvalue weighted by atomic mass is 10.1. The van der Waals surface area contributed by atoms with Crippen molar-refractivity contribution in [2.24, 2.45) is 0 Å². The average Bonchev–Trinajstić information content (AvgIpc) is 2.77. The van der Waals surface area contributed by atoms with Crippen LogP contribution in [0.3, 0.4) is 0 Å². The summed E-state index contributed by atoms with van der Waals surface area (Å²) < 4.78 is 16.7. The fourth-order valence-electron chi connectivity index (χ4n) is 2.91. The van der Waals surface area contributed by atoms with Crippen LogP contribution in [0.15, 0.2) is 47.3 Å². The average molecular weight is 396 g/mol. The first-order chi connectivity index (χ1) is 14.0. The van der Waals surface area contributed by atoms with E-state index in [0.717, 1.165) is 0 Å². The molecule has 1 heterocycles. The second-order valence-corrected chi connectivity index (χ2v) is 6.08. The van der Waals surface area contributed by atoms with E-state index in [1.54, 1.807) is 49.4 Å². The van der Waals surface area contributed by atoms with E-state index in [1.807, 2.05) is 0 Å². The number of ketones is 1. The second kappa shape index (κ2) is 8.55. The number of fused-ring (bicyclic) bond motifs is 1. The summed E-state index contributed by atoms with van der Waals surface area (Å²) in [5, 5.41) is 4.84. The van der Waals surface area contributed by atoms with Crippen LogP contribution in [0, 0.1) is 0 Å². The molecule has 0 saturated heterocycles. The van der Waals surface area contributed by atoms with E-state index >= 15 is 0 Å². The molecule has 8 heteroatoms. The van der Waals surface area contributed by atoms with Gasteiger partial charge in [0.15, 0.2) is 12.3 Å². The summed E-state index contributed by atoms with van der Waals surface area (Å²) in [5.41, 5.74) is -0.0484. The van der Waals surface area contributed by atoms with Gasteiger partial charge >= 0.3 is 5.97 Å². The molecule has 0 bridgehead atoms. The van der Waals surface area contributed by atoms with Crippen molar-refractivity contribution in [1.82, 2.24) is 9.78 Å². The van der Waals surface area contributed by atoms with Gasteiger partial charge in [0.05, 0.1) is 25.2 Å². The van der Waals surface area contributed by atoms with Crippen molar-refractivity contribution in [2.75, 3.05) is 20.8 Å². The van der Waals surface area contributed by atoms with Crippen LogP contribution in [0.4, 0.5) is 0 Å². The van der Waals surface area contributed by atoms with Crippen molar-refractivity contribution in [1.29, 1.82) is 0 Å². The molecule has 0 radical (unpaired) electrons. The zero-order valence-electron chi connectivity index (χ0n) is 16.3. The highest BCUT2D eigenvalue weighted by atomic mass is 16.5. The molecular formula is C21H20N2O6.